The minimum atomic E-state index is -3.74. The minimum absolute atomic E-state index is 0.222. The summed E-state index contributed by atoms with van der Waals surface area (Å²) in [6, 6.07) is 21.1. The normalized spacial score (nSPS) is 10.8. The minimum Gasteiger partial charge on any atom is -0.357 e. The van der Waals surface area contributed by atoms with Gasteiger partial charge in [-0.1, -0.05) is 42.5 Å². The molecule has 9 heteroatoms. The van der Waals surface area contributed by atoms with E-state index in [1.807, 2.05) is 43.3 Å². The summed E-state index contributed by atoms with van der Waals surface area (Å²) >= 11 is 5.15. The Labute approximate surface area is 193 Å². The van der Waals surface area contributed by atoms with Gasteiger partial charge >= 0.3 is 0 Å². The highest BCUT2D eigenvalue weighted by atomic mass is 32.2. The third-order valence-corrected chi connectivity index (χ3v) is 6.39. The fourth-order valence-electron chi connectivity index (χ4n) is 2.90. The number of carbonyl (C=O) groups excluding carboxylic acids is 1. The number of thiocarbonyl (C=S) groups is 1. The van der Waals surface area contributed by atoms with Gasteiger partial charge in [0.15, 0.2) is 5.11 Å². The molecule has 3 aromatic carbocycles. The Kier molecular flexibility index (Phi) is 7.45. The van der Waals surface area contributed by atoms with E-state index in [1.54, 1.807) is 19.1 Å². The summed E-state index contributed by atoms with van der Waals surface area (Å²) in [5, 5.41) is 3.27. The highest BCUT2D eigenvalue weighted by Gasteiger charge is 2.17. The molecular formula is C23H24N4O3S2. The third kappa shape index (κ3) is 6.29. The Morgan fingerprint density at radius 3 is 2.28 bits per heavy atom. The van der Waals surface area contributed by atoms with Gasteiger partial charge in [-0.15, -0.1) is 0 Å². The van der Waals surface area contributed by atoms with E-state index in [4.69, 9.17) is 12.2 Å². The molecule has 0 atom stereocenters. The molecule has 0 aliphatic carbocycles. The maximum absolute atomic E-state index is 12.7. The Morgan fingerprint density at radius 2 is 1.59 bits per heavy atom. The van der Waals surface area contributed by atoms with Crippen molar-refractivity contribution in [3.8, 4) is 0 Å². The molecule has 3 aromatic rings. The number of amides is 1. The van der Waals surface area contributed by atoms with E-state index in [0.717, 1.165) is 11.1 Å². The fraction of sp³-hybridized carbons (Fsp3) is 0.130. The van der Waals surface area contributed by atoms with Crippen LogP contribution in [0.1, 0.15) is 27.0 Å². The molecule has 0 fully saturated rings. The molecule has 1 amide bonds. The molecule has 0 aliphatic heterocycles. The van der Waals surface area contributed by atoms with Crippen LogP contribution in [0.2, 0.25) is 0 Å². The van der Waals surface area contributed by atoms with Crippen LogP contribution in [0.4, 0.5) is 5.69 Å². The van der Waals surface area contributed by atoms with Crippen LogP contribution >= 0.6 is 12.2 Å². The van der Waals surface area contributed by atoms with E-state index in [0.29, 0.717) is 23.4 Å². The molecule has 0 saturated carbocycles. The van der Waals surface area contributed by atoms with Crippen LogP contribution in [-0.2, 0) is 16.6 Å². The summed E-state index contributed by atoms with van der Waals surface area (Å²) in [6.07, 6.45) is 0. The molecule has 7 nitrogen and oxygen atoms in total. The average Bonchev–Trinajstić information content (AvgIpc) is 2.78. The molecular weight excluding hydrogens is 444 g/mol. The van der Waals surface area contributed by atoms with E-state index >= 15 is 0 Å². The van der Waals surface area contributed by atoms with Gasteiger partial charge in [-0.2, -0.15) is 0 Å². The van der Waals surface area contributed by atoms with Crippen LogP contribution in [0.3, 0.4) is 0 Å². The Hall–Kier alpha value is -3.43. The second kappa shape index (κ2) is 10.3. The Morgan fingerprint density at radius 1 is 0.906 bits per heavy atom. The van der Waals surface area contributed by atoms with Gasteiger partial charge < -0.3 is 5.32 Å². The first-order chi connectivity index (χ1) is 15.2. The number of benzene rings is 3. The third-order valence-electron chi connectivity index (χ3n) is 4.62. The zero-order valence-corrected chi connectivity index (χ0v) is 19.3. The van der Waals surface area contributed by atoms with Gasteiger partial charge in [-0.25, -0.2) is 8.42 Å². The van der Waals surface area contributed by atoms with Crippen molar-refractivity contribution in [2.75, 3.05) is 4.72 Å². The van der Waals surface area contributed by atoms with Crippen LogP contribution in [-0.4, -0.2) is 19.4 Å². The number of aryl methyl sites for hydroxylation is 2. The molecule has 4 N–H and O–H groups in total. The Bertz CT molecular complexity index is 1210. The zero-order valence-electron chi connectivity index (χ0n) is 17.7. The van der Waals surface area contributed by atoms with Gasteiger partial charge in [0.25, 0.3) is 15.9 Å². The summed E-state index contributed by atoms with van der Waals surface area (Å²) in [5.41, 5.74) is 8.42. The summed E-state index contributed by atoms with van der Waals surface area (Å²) in [7, 11) is -3.74. The van der Waals surface area contributed by atoms with E-state index < -0.39 is 15.9 Å². The lowest BCUT2D eigenvalue weighted by atomic mass is 10.2. The van der Waals surface area contributed by atoms with E-state index in [1.165, 1.54) is 24.3 Å². The van der Waals surface area contributed by atoms with Crippen LogP contribution in [0.5, 0.6) is 0 Å². The van der Waals surface area contributed by atoms with Gasteiger partial charge in [0.05, 0.1) is 4.90 Å². The van der Waals surface area contributed by atoms with Gasteiger partial charge in [0.2, 0.25) is 0 Å². The molecule has 0 aromatic heterocycles. The quantitative estimate of drug-likeness (QED) is 0.327. The van der Waals surface area contributed by atoms with Crippen molar-refractivity contribution in [2.45, 2.75) is 25.3 Å². The van der Waals surface area contributed by atoms with Crippen molar-refractivity contribution in [3.63, 3.8) is 0 Å². The van der Waals surface area contributed by atoms with Crippen molar-refractivity contribution in [1.29, 1.82) is 0 Å². The summed E-state index contributed by atoms with van der Waals surface area (Å²) in [4.78, 5) is 12.5. The number of hydrogen-bond donors (Lipinski definition) is 4. The predicted octanol–water partition coefficient (Wildman–Crippen LogP) is 3.41. The summed E-state index contributed by atoms with van der Waals surface area (Å²) < 4.78 is 28.0. The van der Waals surface area contributed by atoms with Crippen molar-refractivity contribution >= 4 is 38.9 Å². The maximum Gasteiger partial charge on any atom is 0.269 e. The van der Waals surface area contributed by atoms with Gasteiger partial charge in [0, 0.05) is 17.8 Å². The lowest BCUT2D eigenvalue weighted by molar-refractivity contribution is 0.0943. The van der Waals surface area contributed by atoms with E-state index in [9.17, 15) is 13.2 Å². The van der Waals surface area contributed by atoms with Crippen LogP contribution in [0.15, 0.2) is 77.7 Å². The molecule has 166 valence electrons. The van der Waals surface area contributed by atoms with Gasteiger partial charge in [-0.05, 0) is 73.1 Å². The molecule has 0 spiro atoms. The van der Waals surface area contributed by atoms with Crippen LogP contribution in [0, 0.1) is 13.8 Å². The number of carbonyl (C=O) groups is 1. The van der Waals surface area contributed by atoms with Gasteiger partial charge in [-0.3, -0.25) is 20.4 Å². The standard InChI is InChI=1S/C23H24N4O3S2/c1-16-8-9-17(2)21(14-16)32(29,30)27-20-12-10-19(11-13-20)22(28)25-26-23(31)24-15-18-6-4-3-5-7-18/h3-14,27H,15H2,1-2H3,(H,25,28)(H2,24,26,31). The first-order valence-corrected chi connectivity index (χ1v) is 11.7. The van der Waals surface area contributed by atoms with Crippen molar-refractivity contribution in [1.82, 2.24) is 16.2 Å². The molecule has 0 saturated heterocycles. The molecule has 0 unspecified atom stereocenters. The first kappa shape index (κ1) is 23.2. The maximum atomic E-state index is 12.7. The molecule has 0 heterocycles. The zero-order chi connectivity index (χ0) is 23.1. The predicted molar refractivity (Wildman–Crippen MR) is 130 cm³/mol. The highest BCUT2D eigenvalue weighted by molar-refractivity contribution is 7.92. The second-order valence-corrected chi connectivity index (χ2v) is 9.26. The molecule has 32 heavy (non-hydrogen) atoms. The molecule has 0 radical (unpaired) electrons. The SMILES string of the molecule is Cc1ccc(C)c(S(=O)(=O)Nc2ccc(C(=O)NNC(=S)NCc3ccccc3)cc2)c1. The van der Waals surface area contributed by atoms with Gasteiger partial charge in [0.1, 0.15) is 0 Å². The number of hydrazine groups is 1. The molecule has 3 rings (SSSR count). The summed E-state index contributed by atoms with van der Waals surface area (Å²) in [5.74, 6) is -0.405. The number of nitrogens with one attached hydrogen (secondary N) is 4. The average molecular weight is 469 g/mol. The lowest BCUT2D eigenvalue weighted by Crippen LogP contribution is -2.46. The van der Waals surface area contributed by atoms with Crippen LogP contribution < -0.4 is 20.9 Å². The fourth-order valence-corrected chi connectivity index (χ4v) is 4.42. The van der Waals surface area contributed by atoms with Crippen molar-refractivity contribution in [3.05, 3.63) is 95.1 Å². The number of sulfonamides is 1. The van der Waals surface area contributed by atoms with Crippen molar-refractivity contribution < 1.29 is 13.2 Å². The van der Waals surface area contributed by atoms with E-state index in [2.05, 4.69) is 20.9 Å². The first-order valence-electron chi connectivity index (χ1n) is 9.83. The summed E-state index contributed by atoms with van der Waals surface area (Å²) in [6.45, 7) is 4.11. The number of rotatable bonds is 6. The van der Waals surface area contributed by atoms with Crippen molar-refractivity contribution in [2.24, 2.45) is 0 Å². The number of hydrogen-bond acceptors (Lipinski definition) is 4. The van der Waals surface area contributed by atoms with Crippen LogP contribution in [0.25, 0.3) is 0 Å². The molecule has 0 bridgehead atoms. The smallest absolute Gasteiger partial charge is 0.269 e. The Balaban J connectivity index is 1.55. The largest absolute Gasteiger partial charge is 0.357 e. The topological polar surface area (TPSA) is 99.3 Å². The highest BCUT2D eigenvalue weighted by Crippen LogP contribution is 2.21. The molecule has 0 aliphatic rings. The lowest BCUT2D eigenvalue weighted by Gasteiger charge is -2.13. The van der Waals surface area contributed by atoms with E-state index in [-0.39, 0.29) is 10.0 Å². The monoisotopic (exact) mass is 468 g/mol. The number of anilines is 1. The second-order valence-electron chi connectivity index (χ2n) is 7.20.